The van der Waals surface area contributed by atoms with Crippen LogP contribution in [-0.4, -0.2) is 96.4 Å². The molecule has 0 aromatic heterocycles. The van der Waals surface area contributed by atoms with Crippen molar-refractivity contribution in [3.8, 4) is 0 Å². The number of halogens is 2. The second kappa shape index (κ2) is 23.0. The molecular weight excluding hydrogens is 520 g/mol. The molecule has 0 unspecified atom stereocenters. The molecule has 0 bridgehead atoms. The molecule has 1 aromatic carbocycles. The summed E-state index contributed by atoms with van der Waals surface area (Å²) in [6, 6.07) is 7.96. The van der Waals surface area contributed by atoms with E-state index in [1.165, 1.54) is 5.56 Å². The first-order chi connectivity index (χ1) is 16.7. The van der Waals surface area contributed by atoms with E-state index in [2.05, 4.69) is 48.9 Å². The number of hydrogen-bond acceptors (Lipinski definition) is 4. The second-order valence-electron chi connectivity index (χ2n) is 7.85. The van der Waals surface area contributed by atoms with Crippen molar-refractivity contribution >= 4 is 26.2 Å². The van der Waals surface area contributed by atoms with Crippen LogP contribution in [0.3, 0.4) is 0 Å². The van der Waals surface area contributed by atoms with Gasteiger partial charge in [-0.2, -0.15) is 26.2 Å². The molecule has 1 fully saturated rings. The van der Waals surface area contributed by atoms with Crippen LogP contribution in [0.15, 0.2) is 24.3 Å². The van der Waals surface area contributed by atoms with Gasteiger partial charge in [0.05, 0.1) is 0 Å². The molecule has 0 radical (unpaired) electrons. The average Bonchev–Trinajstić information content (AvgIpc) is 2.83. The second-order valence-corrected chi connectivity index (χ2v) is 9.57. The number of nitrogens with one attached hydrogen (secondary N) is 3. The SMILES string of the molecule is CNCCCNCCCNC(=O)c1ccc(CN2CC[N-]CC[N-]CC[N-]CC2)cc1.[Cl][Co][Cl]. The monoisotopic (exact) mass is 559 g/mol. The van der Waals surface area contributed by atoms with Crippen LogP contribution in [0.5, 0.6) is 0 Å². The van der Waals surface area contributed by atoms with Crippen LogP contribution in [-0.2, 0) is 19.4 Å². The molecule has 8 nitrogen and oxygen atoms in total. The van der Waals surface area contributed by atoms with Gasteiger partial charge in [-0.3, -0.25) is 4.79 Å². The molecule has 2 rings (SSSR count). The van der Waals surface area contributed by atoms with Crippen molar-refractivity contribution < 1.29 is 17.7 Å². The van der Waals surface area contributed by atoms with Gasteiger partial charge in [0.15, 0.2) is 0 Å². The summed E-state index contributed by atoms with van der Waals surface area (Å²) in [7, 11) is 11.4. The Kier molecular flexibility index (Phi) is 21.3. The van der Waals surface area contributed by atoms with Crippen molar-refractivity contribution in [1.82, 2.24) is 20.9 Å². The van der Waals surface area contributed by atoms with Gasteiger partial charge in [0, 0.05) is 18.7 Å². The van der Waals surface area contributed by atoms with Crippen molar-refractivity contribution in [3.63, 3.8) is 0 Å². The predicted octanol–water partition coefficient (Wildman–Crippen LogP) is 3.32. The molecule has 1 saturated heterocycles. The van der Waals surface area contributed by atoms with Crippen LogP contribution in [0.4, 0.5) is 0 Å². The molecule has 0 spiro atoms. The molecule has 34 heavy (non-hydrogen) atoms. The summed E-state index contributed by atoms with van der Waals surface area (Å²) >= 11 is 0.382. The van der Waals surface area contributed by atoms with Crippen LogP contribution in [0.25, 0.3) is 16.0 Å². The van der Waals surface area contributed by atoms with Gasteiger partial charge in [-0.1, -0.05) is 12.1 Å². The molecule has 0 saturated carbocycles. The number of amides is 1. The van der Waals surface area contributed by atoms with Gasteiger partial charge in [0.25, 0.3) is 5.91 Å². The van der Waals surface area contributed by atoms with Crippen molar-refractivity contribution in [2.45, 2.75) is 19.4 Å². The molecule has 1 aromatic rings. The summed E-state index contributed by atoms with van der Waals surface area (Å²) < 4.78 is 0. The Labute approximate surface area is 220 Å². The van der Waals surface area contributed by atoms with Gasteiger partial charge in [-0.15, -0.1) is 13.1 Å². The number of carbonyl (C=O) groups excluding carboxylic acids is 1. The first kappa shape index (κ1) is 31.6. The van der Waals surface area contributed by atoms with Crippen LogP contribution in [0, 0.1) is 0 Å². The summed E-state index contributed by atoms with van der Waals surface area (Å²) in [5.74, 6) is -0.00365. The van der Waals surface area contributed by atoms with E-state index in [9.17, 15) is 4.79 Å². The molecule has 0 atom stereocenters. The van der Waals surface area contributed by atoms with Gasteiger partial charge in [-0.05, 0) is 70.3 Å². The van der Waals surface area contributed by atoms with Crippen LogP contribution in [0.1, 0.15) is 28.8 Å². The minimum atomic E-state index is -0.00365. The van der Waals surface area contributed by atoms with Crippen LogP contribution < -0.4 is 16.0 Å². The Balaban J connectivity index is 0.00000182. The summed E-state index contributed by atoms with van der Waals surface area (Å²) in [4.78, 5) is 14.7. The topological polar surface area (TPSA) is 98.7 Å². The molecule has 1 heterocycles. The van der Waals surface area contributed by atoms with E-state index in [0.717, 1.165) is 91.4 Å². The third kappa shape index (κ3) is 17.0. The number of rotatable bonds is 11. The van der Waals surface area contributed by atoms with Gasteiger partial charge in [0.2, 0.25) is 0 Å². The summed E-state index contributed by atoms with van der Waals surface area (Å²) in [5.41, 5.74) is 1.93. The third-order valence-corrected chi connectivity index (χ3v) is 5.20. The van der Waals surface area contributed by atoms with Crippen LogP contribution >= 0.6 is 20.3 Å². The molecule has 0 aliphatic carbocycles. The first-order valence-electron chi connectivity index (χ1n) is 11.9. The Bertz CT molecular complexity index is 601. The van der Waals surface area contributed by atoms with E-state index in [0.29, 0.717) is 25.0 Å². The fourth-order valence-electron chi connectivity index (χ4n) is 3.36. The zero-order chi connectivity index (χ0) is 24.7. The molecule has 199 valence electrons. The van der Waals surface area contributed by atoms with Gasteiger partial charge < -0.3 is 36.8 Å². The minimum absolute atomic E-state index is 0.00365. The Hall–Kier alpha value is -0.464. The fraction of sp³-hybridized carbons (Fsp3) is 0.696. The number of benzene rings is 1. The van der Waals surface area contributed by atoms with E-state index >= 15 is 0 Å². The molecule has 1 amide bonds. The van der Waals surface area contributed by atoms with Crippen molar-refractivity contribution in [3.05, 3.63) is 51.3 Å². The zero-order valence-electron chi connectivity index (χ0n) is 20.2. The fourth-order valence-corrected chi connectivity index (χ4v) is 3.36. The standard InChI is InChI=1S/C23H40N7O.2ClH.Co/c1-24-8-2-9-25-10-3-11-29-23(31)22-6-4-21(5-7-22)20-30-18-16-27-14-12-26-13-15-28-17-19-30;;;/h4-7,24-25H,2-3,8-20H2,1H3,(H,29,31);2*1H;/q-3;;;+2/p-2. The van der Waals surface area contributed by atoms with E-state index in [1.54, 1.807) is 0 Å². The summed E-state index contributed by atoms with van der Waals surface area (Å²) in [6.07, 6.45) is 2.05. The van der Waals surface area contributed by atoms with Crippen LogP contribution in [0.2, 0.25) is 0 Å². The average molecular weight is 560 g/mol. The normalized spacial score (nSPS) is 16.1. The molecule has 3 N–H and O–H groups in total. The van der Waals surface area contributed by atoms with Gasteiger partial charge in [-0.25, -0.2) is 0 Å². The zero-order valence-corrected chi connectivity index (χ0v) is 22.8. The Morgan fingerprint density at radius 3 is 1.97 bits per heavy atom. The summed E-state index contributed by atoms with van der Waals surface area (Å²) in [6.45, 7) is 11.3. The molecule has 1 aliphatic heterocycles. The third-order valence-electron chi connectivity index (χ3n) is 5.20. The molecular formula is C23H40Cl2CoN7O-3. The van der Waals surface area contributed by atoms with Crippen molar-refractivity contribution in [2.75, 3.05) is 85.6 Å². The maximum absolute atomic E-state index is 12.4. The van der Waals surface area contributed by atoms with E-state index in [1.807, 2.05) is 19.2 Å². The summed E-state index contributed by atoms with van der Waals surface area (Å²) in [5, 5.41) is 23.1. The Morgan fingerprint density at radius 1 is 0.882 bits per heavy atom. The maximum atomic E-state index is 12.4. The van der Waals surface area contributed by atoms with E-state index in [-0.39, 0.29) is 5.91 Å². The van der Waals surface area contributed by atoms with Crippen molar-refractivity contribution in [1.29, 1.82) is 0 Å². The molecule has 1 aliphatic rings. The Morgan fingerprint density at radius 2 is 1.41 bits per heavy atom. The van der Waals surface area contributed by atoms with E-state index in [4.69, 9.17) is 20.3 Å². The number of carbonyl (C=O) groups is 1. The number of hydrogen-bond donors (Lipinski definition) is 3. The van der Waals surface area contributed by atoms with Gasteiger partial charge in [0.1, 0.15) is 0 Å². The molecule has 11 heteroatoms. The van der Waals surface area contributed by atoms with Crippen molar-refractivity contribution in [2.24, 2.45) is 0 Å². The van der Waals surface area contributed by atoms with Gasteiger partial charge >= 0.3 is 33.2 Å². The first-order valence-corrected chi connectivity index (χ1v) is 14.8. The number of nitrogens with zero attached hydrogens (tertiary/aromatic N) is 4. The quantitative estimate of drug-likeness (QED) is 0.362. The van der Waals surface area contributed by atoms with E-state index < -0.39 is 0 Å². The predicted molar refractivity (Wildman–Crippen MR) is 141 cm³/mol.